The van der Waals surface area contributed by atoms with Crippen LogP contribution in [0.1, 0.15) is 59.2 Å². The summed E-state index contributed by atoms with van der Waals surface area (Å²) < 4.78 is 5.14. The quantitative estimate of drug-likeness (QED) is 0.797. The zero-order valence-corrected chi connectivity index (χ0v) is 13.8. The van der Waals surface area contributed by atoms with Crippen molar-refractivity contribution >= 4 is 11.9 Å². The van der Waals surface area contributed by atoms with Gasteiger partial charge in [-0.3, -0.25) is 4.79 Å². The first kappa shape index (κ1) is 18.1. The maximum Gasteiger partial charge on any atom is 0.326 e. The summed E-state index contributed by atoms with van der Waals surface area (Å²) >= 11 is 0. The van der Waals surface area contributed by atoms with Crippen LogP contribution in [-0.2, 0) is 21.4 Å². The van der Waals surface area contributed by atoms with Gasteiger partial charge in [0.2, 0.25) is 11.8 Å². The fourth-order valence-electron chi connectivity index (χ4n) is 1.82. The fraction of sp³-hybridized carbons (Fsp3) is 0.733. The Labute approximate surface area is 130 Å². The molecule has 22 heavy (non-hydrogen) atoms. The summed E-state index contributed by atoms with van der Waals surface area (Å²) in [6, 6.07) is -0.858. The number of rotatable bonds is 7. The third kappa shape index (κ3) is 5.46. The highest BCUT2D eigenvalue weighted by Gasteiger charge is 2.23. The van der Waals surface area contributed by atoms with E-state index >= 15 is 0 Å². The number of aromatic nitrogens is 2. The van der Waals surface area contributed by atoms with Gasteiger partial charge in [-0.25, -0.2) is 4.79 Å². The van der Waals surface area contributed by atoms with E-state index in [9.17, 15) is 9.59 Å². The minimum atomic E-state index is -1.02. The van der Waals surface area contributed by atoms with Crippen LogP contribution in [0, 0.1) is 5.92 Å². The summed E-state index contributed by atoms with van der Waals surface area (Å²) in [4.78, 5) is 27.1. The zero-order chi connectivity index (χ0) is 16.9. The molecule has 0 fully saturated rings. The van der Waals surface area contributed by atoms with E-state index in [2.05, 4.69) is 15.5 Å². The minimum absolute atomic E-state index is 0.160. The topological polar surface area (TPSA) is 105 Å². The molecule has 0 unspecified atom stereocenters. The van der Waals surface area contributed by atoms with Crippen molar-refractivity contribution in [2.45, 2.75) is 65.3 Å². The van der Waals surface area contributed by atoms with E-state index < -0.39 is 12.0 Å². The van der Waals surface area contributed by atoms with E-state index in [1.165, 1.54) is 0 Å². The first-order valence-electron chi connectivity index (χ1n) is 7.46. The van der Waals surface area contributed by atoms with E-state index in [0.29, 0.717) is 24.6 Å². The Morgan fingerprint density at radius 1 is 1.32 bits per heavy atom. The van der Waals surface area contributed by atoms with Crippen molar-refractivity contribution in [3.63, 3.8) is 0 Å². The summed E-state index contributed by atoms with van der Waals surface area (Å²) in [7, 11) is 0. The van der Waals surface area contributed by atoms with E-state index in [1.807, 2.05) is 20.8 Å². The lowest BCUT2D eigenvalue weighted by Gasteiger charge is -2.17. The van der Waals surface area contributed by atoms with Crippen molar-refractivity contribution in [3.05, 3.63) is 11.7 Å². The Bertz CT molecular complexity index is 517. The van der Waals surface area contributed by atoms with Gasteiger partial charge in [0.1, 0.15) is 6.04 Å². The van der Waals surface area contributed by atoms with Gasteiger partial charge in [-0.1, -0.05) is 39.8 Å². The number of aliphatic carboxylic acids is 1. The Morgan fingerprint density at radius 3 is 2.41 bits per heavy atom. The van der Waals surface area contributed by atoms with Gasteiger partial charge in [0.25, 0.3) is 0 Å². The molecule has 1 rings (SSSR count). The number of nitrogens with zero attached hydrogens (tertiary/aromatic N) is 2. The average molecular weight is 311 g/mol. The molecule has 0 bridgehead atoms. The van der Waals surface area contributed by atoms with Gasteiger partial charge >= 0.3 is 5.97 Å². The molecule has 7 heteroatoms. The standard InChI is InChI=1S/C15H25N3O4/c1-9(2)12(13(20)21)16-10(19)7-6-8-11-17-14(18-22-11)15(3,4)5/h9,12H,6-8H2,1-5H3,(H,16,19)(H,20,21)/t12-/m1/s1. The molecule has 1 heterocycles. The molecular weight excluding hydrogens is 286 g/mol. The summed E-state index contributed by atoms with van der Waals surface area (Å²) in [5, 5.41) is 15.5. The maximum atomic E-state index is 11.8. The molecule has 1 atom stereocenters. The van der Waals surface area contributed by atoms with Gasteiger partial charge < -0.3 is 14.9 Å². The van der Waals surface area contributed by atoms with E-state index in [0.717, 1.165) is 0 Å². The maximum absolute atomic E-state index is 11.8. The SMILES string of the molecule is CC(C)[C@@H](NC(=O)CCCc1nc(C(C)(C)C)no1)C(=O)O. The van der Waals surface area contributed by atoms with Gasteiger partial charge in [0.15, 0.2) is 5.82 Å². The molecule has 0 saturated heterocycles. The molecule has 0 aromatic carbocycles. The van der Waals surface area contributed by atoms with E-state index in [-0.39, 0.29) is 23.7 Å². The van der Waals surface area contributed by atoms with Crippen LogP contribution < -0.4 is 5.32 Å². The lowest BCUT2D eigenvalue weighted by Crippen LogP contribution is -2.44. The molecule has 1 aromatic rings. The lowest BCUT2D eigenvalue weighted by molar-refractivity contribution is -0.143. The highest BCUT2D eigenvalue weighted by Crippen LogP contribution is 2.18. The third-order valence-corrected chi connectivity index (χ3v) is 3.18. The minimum Gasteiger partial charge on any atom is -0.480 e. The normalized spacial score (nSPS) is 13.2. The number of carbonyl (C=O) groups is 2. The van der Waals surface area contributed by atoms with Crippen LogP contribution in [0.5, 0.6) is 0 Å². The van der Waals surface area contributed by atoms with Crippen molar-refractivity contribution < 1.29 is 19.2 Å². The number of carboxylic acids is 1. The number of hydrogen-bond acceptors (Lipinski definition) is 5. The van der Waals surface area contributed by atoms with Crippen LogP contribution in [0.4, 0.5) is 0 Å². The number of aryl methyl sites for hydroxylation is 1. The molecule has 0 aliphatic rings. The van der Waals surface area contributed by atoms with E-state index in [4.69, 9.17) is 9.63 Å². The highest BCUT2D eigenvalue weighted by atomic mass is 16.5. The average Bonchev–Trinajstić information content (AvgIpc) is 2.84. The van der Waals surface area contributed by atoms with Crippen molar-refractivity contribution in [2.24, 2.45) is 5.92 Å². The van der Waals surface area contributed by atoms with Crippen LogP contribution in [0.3, 0.4) is 0 Å². The van der Waals surface area contributed by atoms with Crippen molar-refractivity contribution in [2.75, 3.05) is 0 Å². The Balaban J connectivity index is 2.42. The van der Waals surface area contributed by atoms with Crippen LogP contribution in [0.25, 0.3) is 0 Å². The Morgan fingerprint density at radius 2 is 1.95 bits per heavy atom. The van der Waals surface area contributed by atoms with Crippen LogP contribution in [0.15, 0.2) is 4.52 Å². The molecule has 0 saturated carbocycles. The molecule has 1 amide bonds. The van der Waals surface area contributed by atoms with Crippen molar-refractivity contribution in [1.82, 2.24) is 15.5 Å². The third-order valence-electron chi connectivity index (χ3n) is 3.18. The summed E-state index contributed by atoms with van der Waals surface area (Å²) in [6.07, 6.45) is 1.25. The van der Waals surface area contributed by atoms with Crippen LogP contribution in [0.2, 0.25) is 0 Å². The molecule has 0 aliphatic heterocycles. The second-order valence-electron chi connectivity index (χ2n) is 6.74. The Kier molecular flexibility index (Phi) is 6.08. The van der Waals surface area contributed by atoms with Gasteiger partial charge in [0, 0.05) is 18.3 Å². The second kappa shape index (κ2) is 7.38. The Hall–Kier alpha value is -1.92. The number of hydrogen-bond donors (Lipinski definition) is 2. The molecule has 0 radical (unpaired) electrons. The lowest BCUT2D eigenvalue weighted by atomic mass is 9.96. The first-order chi connectivity index (χ1) is 10.1. The number of amides is 1. The second-order valence-corrected chi connectivity index (χ2v) is 6.74. The highest BCUT2D eigenvalue weighted by molar-refractivity contribution is 5.83. The predicted molar refractivity (Wildman–Crippen MR) is 80.3 cm³/mol. The monoisotopic (exact) mass is 311 g/mol. The number of nitrogens with one attached hydrogen (secondary N) is 1. The molecular formula is C15H25N3O4. The van der Waals surface area contributed by atoms with Crippen LogP contribution in [-0.4, -0.2) is 33.2 Å². The number of carbonyl (C=O) groups excluding carboxylic acids is 1. The summed E-state index contributed by atoms with van der Waals surface area (Å²) in [5.74, 6) is -0.326. The zero-order valence-electron chi connectivity index (χ0n) is 13.8. The van der Waals surface area contributed by atoms with Gasteiger partial charge in [-0.2, -0.15) is 4.98 Å². The summed E-state index contributed by atoms with van der Waals surface area (Å²) in [6.45, 7) is 9.49. The molecule has 0 aliphatic carbocycles. The number of carboxylic acid groups (broad SMARTS) is 1. The van der Waals surface area contributed by atoms with Crippen molar-refractivity contribution in [1.29, 1.82) is 0 Å². The van der Waals surface area contributed by atoms with Crippen molar-refractivity contribution in [3.8, 4) is 0 Å². The largest absolute Gasteiger partial charge is 0.480 e. The fourth-order valence-corrected chi connectivity index (χ4v) is 1.82. The molecule has 124 valence electrons. The predicted octanol–water partition coefficient (Wildman–Crippen LogP) is 1.92. The summed E-state index contributed by atoms with van der Waals surface area (Å²) in [5.41, 5.74) is -0.175. The van der Waals surface area contributed by atoms with Gasteiger partial charge in [0.05, 0.1) is 0 Å². The smallest absolute Gasteiger partial charge is 0.326 e. The molecule has 7 nitrogen and oxygen atoms in total. The molecule has 2 N–H and O–H groups in total. The van der Waals surface area contributed by atoms with Crippen LogP contribution >= 0.6 is 0 Å². The molecule has 0 spiro atoms. The van der Waals surface area contributed by atoms with Gasteiger partial charge in [-0.05, 0) is 12.3 Å². The molecule has 1 aromatic heterocycles. The first-order valence-corrected chi connectivity index (χ1v) is 7.46. The van der Waals surface area contributed by atoms with E-state index in [1.54, 1.807) is 13.8 Å². The van der Waals surface area contributed by atoms with Gasteiger partial charge in [-0.15, -0.1) is 0 Å².